The van der Waals surface area contributed by atoms with Gasteiger partial charge in [0.1, 0.15) is 18.1 Å². The van der Waals surface area contributed by atoms with Crippen molar-refractivity contribution >= 4 is 29.7 Å². The molecule has 0 aliphatic carbocycles. The lowest BCUT2D eigenvalue weighted by Crippen LogP contribution is -2.59. The molecule has 1 heterocycles. The second kappa shape index (κ2) is 15.2. The number of amides is 3. The summed E-state index contributed by atoms with van der Waals surface area (Å²) in [6.45, 7) is 3.61. The van der Waals surface area contributed by atoms with Gasteiger partial charge in [-0.15, -0.1) is 0 Å². The third-order valence-electron chi connectivity index (χ3n) is 6.30. The molecule has 0 saturated heterocycles. The van der Waals surface area contributed by atoms with Crippen LogP contribution in [0.15, 0.2) is 42.9 Å². The van der Waals surface area contributed by atoms with Gasteiger partial charge in [-0.05, 0) is 17.9 Å². The number of aromatic nitrogens is 2. The van der Waals surface area contributed by atoms with Crippen LogP contribution in [0, 0.1) is 5.92 Å². The molecule has 0 bridgehead atoms. The first kappa shape index (κ1) is 31.0. The summed E-state index contributed by atoms with van der Waals surface area (Å²) in [6, 6.07) is 4.13. The molecule has 3 amide bonds. The van der Waals surface area contributed by atoms with E-state index in [1.54, 1.807) is 43.5 Å². The van der Waals surface area contributed by atoms with E-state index in [2.05, 4.69) is 25.9 Å². The zero-order chi connectivity index (χ0) is 28.9. The van der Waals surface area contributed by atoms with Crippen LogP contribution in [0.2, 0.25) is 0 Å². The Kier molecular flexibility index (Phi) is 12.1. The highest BCUT2D eigenvalue weighted by Gasteiger charge is 2.32. The Morgan fingerprint density at radius 3 is 2.18 bits per heavy atom. The summed E-state index contributed by atoms with van der Waals surface area (Å²) in [7, 11) is 0. The van der Waals surface area contributed by atoms with Gasteiger partial charge < -0.3 is 36.9 Å². The van der Waals surface area contributed by atoms with Crippen LogP contribution in [0.4, 0.5) is 0 Å². The number of hydrogen-bond donors (Lipinski definition) is 7. The molecule has 5 unspecified atom stereocenters. The second-order valence-corrected chi connectivity index (χ2v) is 9.34. The number of nitrogens with zero attached hydrogens (tertiary/aromatic N) is 1. The molecule has 0 radical (unpaired) electrons. The largest absolute Gasteiger partial charge is 0.481 e. The molecular formula is C26H36N6O7. The minimum absolute atomic E-state index is 0.0319. The Balaban J connectivity index is 2.21. The van der Waals surface area contributed by atoms with E-state index in [4.69, 9.17) is 10.8 Å². The minimum atomic E-state index is -1.46. The first-order valence-corrected chi connectivity index (χ1v) is 12.6. The van der Waals surface area contributed by atoms with Crippen LogP contribution in [0.3, 0.4) is 0 Å². The molecular weight excluding hydrogens is 508 g/mol. The van der Waals surface area contributed by atoms with Crippen molar-refractivity contribution in [1.29, 1.82) is 0 Å². The van der Waals surface area contributed by atoms with E-state index in [-0.39, 0.29) is 25.2 Å². The van der Waals surface area contributed by atoms with Gasteiger partial charge in [0.2, 0.25) is 17.7 Å². The van der Waals surface area contributed by atoms with Gasteiger partial charge in [-0.1, -0.05) is 50.6 Å². The van der Waals surface area contributed by atoms with Gasteiger partial charge in [0.05, 0.1) is 12.4 Å². The van der Waals surface area contributed by atoms with Crippen LogP contribution in [0.1, 0.15) is 44.4 Å². The summed E-state index contributed by atoms with van der Waals surface area (Å²) in [5.74, 6) is -4.92. The molecule has 13 nitrogen and oxygen atoms in total. The van der Waals surface area contributed by atoms with Crippen molar-refractivity contribution in [3.8, 4) is 0 Å². The van der Waals surface area contributed by atoms with E-state index in [1.165, 1.54) is 6.33 Å². The molecule has 0 spiro atoms. The number of rotatable bonds is 16. The molecule has 0 saturated carbocycles. The fraction of sp³-hybridized carbons (Fsp3) is 0.462. The molecule has 0 aliphatic rings. The number of carbonyl (C=O) groups is 5. The van der Waals surface area contributed by atoms with Crippen LogP contribution in [0.5, 0.6) is 0 Å². The summed E-state index contributed by atoms with van der Waals surface area (Å²) in [4.78, 5) is 68.7. The van der Waals surface area contributed by atoms with Crippen molar-refractivity contribution in [3.63, 3.8) is 0 Å². The quantitative estimate of drug-likeness (QED) is 0.151. The van der Waals surface area contributed by atoms with Crippen molar-refractivity contribution < 1.29 is 34.2 Å². The van der Waals surface area contributed by atoms with Crippen LogP contribution in [-0.4, -0.2) is 74.0 Å². The number of carbonyl (C=O) groups excluding carboxylic acids is 3. The normalized spacial score (nSPS) is 14.7. The lowest BCUT2D eigenvalue weighted by Gasteiger charge is -2.28. The fourth-order valence-corrected chi connectivity index (χ4v) is 3.81. The van der Waals surface area contributed by atoms with Gasteiger partial charge in [0, 0.05) is 31.2 Å². The van der Waals surface area contributed by atoms with Crippen molar-refractivity contribution in [2.45, 2.75) is 70.1 Å². The topological polar surface area (TPSA) is 217 Å². The number of aliphatic carboxylic acids is 2. The van der Waals surface area contributed by atoms with E-state index >= 15 is 0 Å². The number of H-pyrrole nitrogens is 1. The number of carboxylic acid groups (broad SMARTS) is 2. The van der Waals surface area contributed by atoms with Crippen molar-refractivity contribution in [2.24, 2.45) is 11.7 Å². The summed E-state index contributed by atoms with van der Waals surface area (Å²) >= 11 is 0. The van der Waals surface area contributed by atoms with Crippen molar-refractivity contribution in [3.05, 3.63) is 54.1 Å². The van der Waals surface area contributed by atoms with Crippen LogP contribution < -0.4 is 21.7 Å². The predicted molar refractivity (Wildman–Crippen MR) is 140 cm³/mol. The Morgan fingerprint density at radius 2 is 1.62 bits per heavy atom. The van der Waals surface area contributed by atoms with Crippen LogP contribution in [0.25, 0.3) is 0 Å². The summed E-state index contributed by atoms with van der Waals surface area (Å²) in [5, 5.41) is 26.0. The molecule has 2 aromatic rings. The molecule has 39 heavy (non-hydrogen) atoms. The zero-order valence-corrected chi connectivity index (χ0v) is 21.9. The molecule has 212 valence electrons. The van der Waals surface area contributed by atoms with E-state index < -0.39 is 60.2 Å². The number of nitrogens with one attached hydrogen (secondary N) is 4. The van der Waals surface area contributed by atoms with Crippen molar-refractivity contribution in [1.82, 2.24) is 25.9 Å². The highest BCUT2D eigenvalue weighted by atomic mass is 16.4. The summed E-state index contributed by atoms with van der Waals surface area (Å²) in [5.41, 5.74) is 7.38. The maximum atomic E-state index is 13.4. The molecule has 1 aromatic heterocycles. The molecule has 0 fully saturated rings. The fourth-order valence-electron chi connectivity index (χ4n) is 3.81. The molecule has 13 heteroatoms. The zero-order valence-electron chi connectivity index (χ0n) is 21.9. The van der Waals surface area contributed by atoms with Gasteiger partial charge in [-0.2, -0.15) is 0 Å². The maximum Gasteiger partial charge on any atom is 0.326 e. The Bertz CT molecular complexity index is 1110. The summed E-state index contributed by atoms with van der Waals surface area (Å²) < 4.78 is 0. The smallest absolute Gasteiger partial charge is 0.326 e. The van der Waals surface area contributed by atoms with E-state index in [0.717, 1.165) is 0 Å². The van der Waals surface area contributed by atoms with Gasteiger partial charge in [0.15, 0.2) is 0 Å². The number of benzene rings is 1. The Morgan fingerprint density at radius 1 is 0.949 bits per heavy atom. The SMILES string of the molecule is CCC(C)C(NC(=O)C(N)Cc1cnc[nH]1)C(=O)NC(Cc1ccccc1)C(=O)NC(CCC(=O)O)C(=O)O. The molecule has 0 aliphatic heterocycles. The number of aromatic amines is 1. The van der Waals surface area contributed by atoms with E-state index in [1.807, 2.05) is 6.92 Å². The average Bonchev–Trinajstić information content (AvgIpc) is 3.41. The number of nitrogens with two attached hydrogens (primary N) is 1. The van der Waals surface area contributed by atoms with Gasteiger partial charge in [-0.3, -0.25) is 19.2 Å². The van der Waals surface area contributed by atoms with Crippen molar-refractivity contribution in [2.75, 3.05) is 0 Å². The minimum Gasteiger partial charge on any atom is -0.481 e. The molecule has 8 N–H and O–H groups in total. The lowest BCUT2D eigenvalue weighted by atomic mass is 9.96. The van der Waals surface area contributed by atoms with E-state index in [9.17, 15) is 29.1 Å². The highest BCUT2D eigenvalue weighted by Crippen LogP contribution is 2.11. The monoisotopic (exact) mass is 544 g/mol. The first-order valence-electron chi connectivity index (χ1n) is 12.6. The standard InChI is InChI=1S/C26H36N6O7/c1-3-15(2)22(32-23(35)18(27)12-17-13-28-14-29-17)25(37)31-20(11-16-7-5-4-6-8-16)24(36)30-19(26(38)39)9-10-21(33)34/h4-8,13-15,18-20,22H,3,9-12,27H2,1-2H3,(H,28,29)(H,30,36)(H,31,37)(H,32,35)(H,33,34)(H,38,39). The maximum absolute atomic E-state index is 13.4. The number of carboxylic acids is 2. The first-order chi connectivity index (χ1) is 18.5. The Hall–Kier alpha value is -4.26. The van der Waals surface area contributed by atoms with E-state index in [0.29, 0.717) is 17.7 Å². The molecule has 5 atom stereocenters. The average molecular weight is 545 g/mol. The third kappa shape index (κ3) is 10.2. The highest BCUT2D eigenvalue weighted by molar-refractivity contribution is 5.94. The van der Waals surface area contributed by atoms with Crippen LogP contribution in [-0.2, 0) is 36.8 Å². The van der Waals surface area contributed by atoms with Gasteiger partial charge in [-0.25, -0.2) is 9.78 Å². The lowest BCUT2D eigenvalue weighted by molar-refractivity contribution is -0.143. The molecule has 1 aromatic carbocycles. The third-order valence-corrected chi connectivity index (χ3v) is 6.30. The Labute approximate surface area is 226 Å². The molecule has 2 rings (SSSR count). The van der Waals surface area contributed by atoms with Crippen LogP contribution >= 0.6 is 0 Å². The van der Waals surface area contributed by atoms with Gasteiger partial charge >= 0.3 is 11.9 Å². The number of hydrogen-bond acceptors (Lipinski definition) is 7. The van der Waals surface area contributed by atoms with Gasteiger partial charge in [0.25, 0.3) is 0 Å². The predicted octanol–water partition coefficient (Wildman–Crippen LogP) is -0.0279. The summed E-state index contributed by atoms with van der Waals surface area (Å²) in [6.07, 6.45) is 2.94. The number of imidazole rings is 1. The second-order valence-electron chi connectivity index (χ2n) is 9.34.